The Bertz CT molecular complexity index is 937. The number of anilines is 1. The van der Waals surface area contributed by atoms with Crippen LogP contribution in [0.1, 0.15) is 6.92 Å². The molecule has 0 bridgehead atoms. The molecule has 1 amide bonds. The number of halogens is 2. The van der Waals surface area contributed by atoms with Crippen molar-refractivity contribution in [2.75, 3.05) is 11.9 Å². The SMILES string of the molecule is CC(Oc1ccc(F)cc1Br)C(=O)Nc1cccc(OCCn2cncn2)c1. The van der Waals surface area contributed by atoms with Gasteiger partial charge in [-0.15, -0.1) is 0 Å². The molecule has 1 heterocycles. The minimum Gasteiger partial charge on any atom is -0.492 e. The molecule has 0 spiro atoms. The molecule has 3 rings (SSSR count). The molecule has 0 saturated heterocycles. The third kappa shape index (κ3) is 5.53. The third-order valence-electron chi connectivity index (χ3n) is 3.72. The number of rotatable bonds is 8. The minimum absolute atomic E-state index is 0.337. The molecule has 0 aliphatic carbocycles. The number of hydrogen-bond donors (Lipinski definition) is 1. The molecule has 0 saturated carbocycles. The summed E-state index contributed by atoms with van der Waals surface area (Å²) < 4.78 is 26.5. The van der Waals surface area contributed by atoms with E-state index >= 15 is 0 Å². The Labute approximate surface area is 169 Å². The van der Waals surface area contributed by atoms with Crippen LogP contribution in [0.15, 0.2) is 59.6 Å². The van der Waals surface area contributed by atoms with Crippen LogP contribution in [0.25, 0.3) is 0 Å². The Kier molecular flexibility index (Phi) is 6.59. The predicted octanol–water partition coefficient (Wildman–Crippen LogP) is 3.66. The molecule has 0 aliphatic rings. The van der Waals surface area contributed by atoms with Crippen molar-refractivity contribution in [1.82, 2.24) is 14.8 Å². The first-order valence-corrected chi connectivity index (χ1v) is 9.28. The topological polar surface area (TPSA) is 78.3 Å². The molecule has 2 aromatic carbocycles. The molecule has 1 unspecified atom stereocenters. The van der Waals surface area contributed by atoms with Gasteiger partial charge in [0, 0.05) is 11.8 Å². The highest BCUT2D eigenvalue weighted by Gasteiger charge is 2.16. The summed E-state index contributed by atoms with van der Waals surface area (Å²) in [4.78, 5) is 16.3. The van der Waals surface area contributed by atoms with Crippen molar-refractivity contribution in [2.45, 2.75) is 19.6 Å². The summed E-state index contributed by atoms with van der Waals surface area (Å²) in [5, 5.41) is 6.78. The quantitative estimate of drug-likeness (QED) is 0.568. The van der Waals surface area contributed by atoms with Gasteiger partial charge in [0.1, 0.15) is 36.6 Å². The van der Waals surface area contributed by atoms with Crippen LogP contribution in [0.3, 0.4) is 0 Å². The predicted molar refractivity (Wildman–Crippen MR) is 105 cm³/mol. The summed E-state index contributed by atoms with van der Waals surface area (Å²) in [5.41, 5.74) is 0.580. The second-order valence-corrected chi connectivity index (χ2v) is 6.71. The van der Waals surface area contributed by atoms with Crippen LogP contribution in [0.2, 0.25) is 0 Å². The van der Waals surface area contributed by atoms with Gasteiger partial charge in [-0.2, -0.15) is 5.10 Å². The maximum atomic E-state index is 13.2. The fourth-order valence-corrected chi connectivity index (χ4v) is 2.77. The number of benzene rings is 2. The monoisotopic (exact) mass is 448 g/mol. The lowest BCUT2D eigenvalue weighted by Gasteiger charge is -2.16. The summed E-state index contributed by atoms with van der Waals surface area (Å²) in [7, 11) is 0. The normalized spacial score (nSPS) is 11.7. The smallest absolute Gasteiger partial charge is 0.265 e. The molecule has 1 atom stereocenters. The van der Waals surface area contributed by atoms with E-state index in [4.69, 9.17) is 9.47 Å². The number of nitrogens with one attached hydrogen (secondary N) is 1. The summed E-state index contributed by atoms with van der Waals surface area (Å²) in [5.74, 6) is 0.273. The first kappa shape index (κ1) is 19.8. The highest BCUT2D eigenvalue weighted by molar-refractivity contribution is 9.10. The first-order chi connectivity index (χ1) is 13.5. The van der Waals surface area contributed by atoms with Crippen LogP contribution in [0.4, 0.5) is 10.1 Å². The van der Waals surface area contributed by atoms with Gasteiger partial charge in [0.25, 0.3) is 5.91 Å². The highest BCUT2D eigenvalue weighted by atomic mass is 79.9. The van der Waals surface area contributed by atoms with Crippen LogP contribution in [-0.2, 0) is 11.3 Å². The lowest BCUT2D eigenvalue weighted by Crippen LogP contribution is -2.30. The molecule has 1 N–H and O–H groups in total. The van der Waals surface area contributed by atoms with Crippen LogP contribution in [-0.4, -0.2) is 33.4 Å². The number of aromatic nitrogens is 3. The van der Waals surface area contributed by atoms with Crippen LogP contribution < -0.4 is 14.8 Å². The average molecular weight is 449 g/mol. The lowest BCUT2D eigenvalue weighted by atomic mass is 10.2. The molecular weight excluding hydrogens is 431 g/mol. The highest BCUT2D eigenvalue weighted by Crippen LogP contribution is 2.26. The fraction of sp³-hybridized carbons (Fsp3) is 0.211. The van der Waals surface area contributed by atoms with E-state index in [0.717, 1.165) is 0 Å². The molecule has 9 heteroatoms. The minimum atomic E-state index is -0.779. The van der Waals surface area contributed by atoms with Gasteiger partial charge < -0.3 is 14.8 Å². The zero-order valence-corrected chi connectivity index (χ0v) is 16.6. The summed E-state index contributed by atoms with van der Waals surface area (Å²) in [6.07, 6.45) is 2.30. The molecule has 146 valence electrons. The molecule has 3 aromatic rings. The summed E-state index contributed by atoms with van der Waals surface area (Å²) >= 11 is 3.22. The molecule has 28 heavy (non-hydrogen) atoms. The second-order valence-electron chi connectivity index (χ2n) is 5.86. The van der Waals surface area contributed by atoms with Crippen molar-refractivity contribution >= 4 is 27.5 Å². The van der Waals surface area contributed by atoms with Gasteiger partial charge in [-0.05, 0) is 53.2 Å². The van der Waals surface area contributed by atoms with Gasteiger partial charge in [-0.3, -0.25) is 4.79 Å². The molecule has 0 radical (unpaired) electrons. The zero-order valence-electron chi connectivity index (χ0n) is 15.0. The number of hydrogen-bond acceptors (Lipinski definition) is 5. The van der Waals surface area contributed by atoms with Gasteiger partial charge in [0.2, 0.25) is 0 Å². The Morgan fingerprint density at radius 3 is 2.93 bits per heavy atom. The number of ether oxygens (including phenoxy) is 2. The van der Waals surface area contributed by atoms with Gasteiger partial charge in [0.15, 0.2) is 6.10 Å². The number of carbonyl (C=O) groups excluding carboxylic acids is 1. The van der Waals surface area contributed by atoms with Gasteiger partial charge in [0.05, 0.1) is 11.0 Å². The molecule has 0 aliphatic heterocycles. The summed E-state index contributed by atoms with van der Waals surface area (Å²) in [6, 6.07) is 11.1. The van der Waals surface area contributed by atoms with E-state index in [1.165, 1.54) is 24.5 Å². The van der Waals surface area contributed by atoms with E-state index in [2.05, 4.69) is 31.3 Å². The average Bonchev–Trinajstić information content (AvgIpc) is 3.18. The van der Waals surface area contributed by atoms with Gasteiger partial charge in [-0.25, -0.2) is 14.1 Å². The van der Waals surface area contributed by atoms with Crippen molar-refractivity contribution in [3.05, 3.63) is 65.4 Å². The van der Waals surface area contributed by atoms with Crippen molar-refractivity contribution in [2.24, 2.45) is 0 Å². The Morgan fingerprint density at radius 2 is 2.18 bits per heavy atom. The number of amides is 1. The van der Waals surface area contributed by atoms with Crippen molar-refractivity contribution in [1.29, 1.82) is 0 Å². The van der Waals surface area contributed by atoms with E-state index in [-0.39, 0.29) is 5.91 Å². The zero-order chi connectivity index (χ0) is 19.9. The van der Waals surface area contributed by atoms with Gasteiger partial charge in [-0.1, -0.05) is 6.07 Å². The van der Waals surface area contributed by atoms with Crippen molar-refractivity contribution < 1.29 is 18.7 Å². The summed E-state index contributed by atoms with van der Waals surface area (Å²) in [6.45, 7) is 2.59. The molecule has 1 aromatic heterocycles. The maximum absolute atomic E-state index is 13.2. The second kappa shape index (κ2) is 9.32. The van der Waals surface area contributed by atoms with Crippen LogP contribution >= 0.6 is 15.9 Å². The standard InChI is InChI=1S/C19H18BrFN4O3/c1-13(28-18-6-5-14(21)9-17(18)20)19(26)24-15-3-2-4-16(10-15)27-8-7-25-12-22-11-23-25/h2-6,9-13H,7-8H2,1H3,(H,24,26). The first-order valence-electron chi connectivity index (χ1n) is 8.49. The van der Waals surface area contributed by atoms with E-state index in [0.29, 0.717) is 34.8 Å². The third-order valence-corrected chi connectivity index (χ3v) is 4.34. The van der Waals surface area contributed by atoms with Crippen LogP contribution in [0, 0.1) is 5.82 Å². The molecule has 0 fully saturated rings. The largest absolute Gasteiger partial charge is 0.492 e. The number of carbonyl (C=O) groups is 1. The van der Waals surface area contributed by atoms with E-state index in [1.807, 2.05) is 0 Å². The van der Waals surface area contributed by atoms with E-state index in [1.54, 1.807) is 42.2 Å². The molecule has 7 nitrogen and oxygen atoms in total. The van der Waals surface area contributed by atoms with Crippen molar-refractivity contribution in [3.8, 4) is 11.5 Å². The van der Waals surface area contributed by atoms with Gasteiger partial charge >= 0.3 is 0 Å². The van der Waals surface area contributed by atoms with Crippen molar-refractivity contribution in [3.63, 3.8) is 0 Å². The Hall–Kier alpha value is -2.94. The van der Waals surface area contributed by atoms with E-state index in [9.17, 15) is 9.18 Å². The van der Waals surface area contributed by atoms with Crippen LogP contribution in [0.5, 0.6) is 11.5 Å². The Morgan fingerprint density at radius 1 is 1.32 bits per heavy atom. The maximum Gasteiger partial charge on any atom is 0.265 e. The fourth-order valence-electron chi connectivity index (χ4n) is 2.33. The number of nitrogens with zero attached hydrogens (tertiary/aromatic N) is 3. The lowest BCUT2D eigenvalue weighted by molar-refractivity contribution is -0.122. The Balaban J connectivity index is 1.54. The van der Waals surface area contributed by atoms with E-state index < -0.39 is 11.9 Å². The molecular formula is C19H18BrFN4O3.